The summed E-state index contributed by atoms with van der Waals surface area (Å²) < 4.78 is 20.3. The molecule has 0 aliphatic heterocycles. The average molecular weight is 355 g/mol. The molecule has 2 rings (SSSR count). The second kappa shape index (κ2) is 5.97. The van der Waals surface area contributed by atoms with Gasteiger partial charge in [0.05, 0.1) is 11.4 Å². The van der Waals surface area contributed by atoms with Gasteiger partial charge in [0.15, 0.2) is 0 Å². The van der Waals surface area contributed by atoms with Crippen molar-refractivity contribution in [3.05, 3.63) is 41.8 Å². The van der Waals surface area contributed by atoms with Crippen LogP contribution in [0.1, 0.15) is 26.5 Å². The van der Waals surface area contributed by atoms with Crippen LogP contribution in [0.3, 0.4) is 0 Å². The zero-order valence-corrected chi connectivity index (χ0v) is 13.6. The number of carbonyl (C=O) groups excluding carboxylic acids is 1. The molecule has 0 unspecified atom stereocenters. The summed E-state index contributed by atoms with van der Waals surface area (Å²) in [5, 5.41) is 4.58. The van der Waals surface area contributed by atoms with Crippen molar-refractivity contribution in [1.82, 2.24) is 9.78 Å². The summed E-state index contributed by atoms with van der Waals surface area (Å²) in [5.74, 6) is -0.382. The van der Waals surface area contributed by atoms with E-state index in [0.29, 0.717) is 22.3 Å². The second-order valence-electron chi connectivity index (χ2n) is 5.53. The molecule has 4 nitrogen and oxygen atoms in total. The zero-order chi connectivity index (χ0) is 15.6. The standard InChI is InChI=1S/C15H16BrFN2O2/c1-15(2,3)21-14(20)19-10(9-16)8-13(18-19)11-6-4-5-7-12(11)17/h4-8H,9H2,1-3H3. The number of hydrogen-bond donors (Lipinski definition) is 0. The number of hydrogen-bond acceptors (Lipinski definition) is 3. The van der Waals surface area contributed by atoms with Crippen molar-refractivity contribution in [2.24, 2.45) is 0 Å². The van der Waals surface area contributed by atoms with Crippen LogP contribution in [-0.4, -0.2) is 21.5 Å². The number of ether oxygens (including phenoxy) is 1. The lowest BCUT2D eigenvalue weighted by Gasteiger charge is -2.19. The van der Waals surface area contributed by atoms with E-state index in [-0.39, 0.29) is 5.82 Å². The van der Waals surface area contributed by atoms with Crippen molar-refractivity contribution < 1.29 is 13.9 Å². The molecule has 0 atom stereocenters. The van der Waals surface area contributed by atoms with E-state index < -0.39 is 11.7 Å². The Labute approximate surface area is 131 Å². The van der Waals surface area contributed by atoms with Gasteiger partial charge in [0.2, 0.25) is 0 Å². The fourth-order valence-corrected chi connectivity index (χ4v) is 2.18. The number of nitrogens with zero attached hydrogens (tertiary/aromatic N) is 2. The van der Waals surface area contributed by atoms with Crippen molar-refractivity contribution in [3.8, 4) is 11.3 Å². The van der Waals surface area contributed by atoms with Gasteiger partial charge in [-0.2, -0.15) is 9.78 Å². The highest BCUT2D eigenvalue weighted by atomic mass is 79.9. The SMILES string of the molecule is CC(C)(C)OC(=O)n1nc(-c2ccccc2F)cc1CBr. The highest BCUT2D eigenvalue weighted by molar-refractivity contribution is 9.08. The minimum absolute atomic E-state index is 0.349. The van der Waals surface area contributed by atoms with E-state index in [1.165, 1.54) is 6.07 Å². The summed E-state index contributed by atoms with van der Waals surface area (Å²) in [5.41, 5.74) is 0.725. The summed E-state index contributed by atoms with van der Waals surface area (Å²) in [6, 6.07) is 7.97. The van der Waals surface area contributed by atoms with Crippen LogP contribution in [0.4, 0.5) is 9.18 Å². The number of aromatic nitrogens is 2. The Morgan fingerprint density at radius 1 is 1.38 bits per heavy atom. The first-order valence-corrected chi connectivity index (χ1v) is 7.57. The molecule has 0 fully saturated rings. The average Bonchev–Trinajstić information content (AvgIpc) is 2.81. The third-order valence-electron chi connectivity index (χ3n) is 2.64. The summed E-state index contributed by atoms with van der Waals surface area (Å²) in [4.78, 5) is 12.1. The maximum Gasteiger partial charge on any atom is 0.435 e. The first kappa shape index (κ1) is 15.7. The van der Waals surface area contributed by atoms with Crippen LogP contribution in [-0.2, 0) is 10.1 Å². The van der Waals surface area contributed by atoms with Gasteiger partial charge in [0.25, 0.3) is 0 Å². The van der Waals surface area contributed by atoms with E-state index in [4.69, 9.17) is 4.74 Å². The molecule has 21 heavy (non-hydrogen) atoms. The molecule has 0 aliphatic rings. The predicted molar refractivity (Wildman–Crippen MR) is 81.9 cm³/mol. The van der Waals surface area contributed by atoms with Crippen molar-refractivity contribution in [2.75, 3.05) is 0 Å². The number of carbonyl (C=O) groups is 1. The Bertz CT molecular complexity index is 662. The number of halogens is 2. The molecule has 0 saturated carbocycles. The number of rotatable bonds is 2. The summed E-state index contributed by atoms with van der Waals surface area (Å²) in [7, 11) is 0. The lowest BCUT2D eigenvalue weighted by Crippen LogP contribution is -2.28. The third-order valence-corrected chi connectivity index (χ3v) is 3.21. The predicted octanol–water partition coefficient (Wildman–Crippen LogP) is 4.37. The van der Waals surface area contributed by atoms with Crippen LogP contribution in [0.2, 0.25) is 0 Å². The van der Waals surface area contributed by atoms with Gasteiger partial charge >= 0.3 is 6.09 Å². The Hall–Kier alpha value is -1.69. The monoisotopic (exact) mass is 354 g/mol. The van der Waals surface area contributed by atoms with Crippen LogP contribution in [0.25, 0.3) is 11.3 Å². The van der Waals surface area contributed by atoms with Crippen molar-refractivity contribution in [3.63, 3.8) is 0 Å². The van der Waals surface area contributed by atoms with Crippen LogP contribution in [0, 0.1) is 5.82 Å². The van der Waals surface area contributed by atoms with Crippen molar-refractivity contribution in [1.29, 1.82) is 0 Å². The fourth-order valence-electron chi connectivity index (χ4n) is 1.78. The van der Waals surface area contributed by atoms with Gasteiger partial charge in [-0.3, -0.25) is 0 Å². The Kier molecular flexibility index (Phi) is 4.46. The first-order chi connectivity index (χ1) is 9.81. The molecule has 1 aromatic carbocycles. The highest BCUT2D eigenvalue weighted by Crippen LogP contribution is 2.24. The molecule has 6 heteroatoms. The zero-order valence-electron chi connectivity index (χ0n) is 12.1. The van der Waals surface area contributed by atoms with Crippen molar-refractivity contribution in [2.45, 2.75) is 31.7 Å². The van der Waals surface area contributed by atoms with Crippen LogP contribution < -0.4 is 0 Å². The molecule has 0 bridgehead atoms. The molecule has 2 aromatic rings. The highest BCUT2D eigenvalue weighted by Gasteiger charge is 2.22. The topological polar surface area (TPSA) is 44.1 Å². The normalized spacial score (nSPS) is 11.5. The van der Waals surface area contributed by atoms with Gasteiger partial charge in [-0.25, -0.2) is 9.18 Å². The Balaban J connectivity index is 2.41. The minimum atomic E-state index is -0.620. The van der Waals surface area contributed by atoms with Crippen molar-refractivity contribution >= 4 is 22.0 Å². The summed E-state index contributed by atoms with van der Waals surface area (Å²) >= 11 is 3.30. The first-order valence-electron chi connectivity index (χ1n) is 6.45. The van der Waals surface area contributed by atoms with Crippen LogP contribution in [0.5, 0.6) is 0 Å². The minimum Gasteiger partial charge on any atom is -0.442 e. The molecular formula is C15H16BrFN2O2. The Morgan fingerprint density at radius 3 is 2.62 bits per heavy atom. The number of benzene rings is 1. The molecule has 112 valence electrons. The van der Waals surface area contributed by atoms with Crippen LogP contribution >= 0.6 is 15.9 Å². The van der Waals surface area contributed by atoms with Gasteiger partial charge in [-0.15, -0.1) is 0 Å². The van der Waals surface area contributed by atoms with Gasteiger partial charge in [-0.05, 0) is 39.0 Å². The smallest absolute Gasteiger partial charge is 0.435 e. The summed E-state index contributed by atoms with van der Waals surface area (Å²) in [6.45, 7) is 5.33. The van der Waals surface area contributed by atoms with E-state index in [0.717, 1.165) is 4.68 Å². The molecule has 1 aromatic heterocycles. The van der Waals surface area contributed by atoms with Crippen LogP contribution in [0.15, 0.2) is 30.3 Å². The van der Waals surface area contributed by atoms with Gasteiger partial charge in [0.1, 0.15) is 11.4 Å². The molecule has 0 radical (unpaired) electrons. The molecule has 0 saturated heterocycles. The molecule has 0 amide bonds. The van der Waals surface area contributed by atoms with E-state index in [1.54, 1.807) is 45.0 Å². The number of alkyl halides is 1. The molecule has 0 aliphatic carbocycles. The molecule has 0 spiro atoms. The lowest BCUT2D eigenvalue weighted by atomic mass is 10.1. The van der Waals surface area contributed by atoms with Gasteiger partial charge in [0, 0.05) is 10.9 Å². The van der Waals surface area contributed by atoms with Gasteiger partial charge in [-0.1, -0.05) is 28.1 Å². The Morgan fingerprint density at radius 2 is 2.05 bits per heavy atom. The molecule has 1 heterocycles. The maximum absolute atomic E-state index is 13.8. The third kappa shape index (κ3) is 3.69. The fraction of sp³-hybridized carbons (Fsp3) is 0.333. The van der Waals surface area contributed by atoms with E-state index in [9.17, 15) is 9.18 Å². The van der Waals surface area contributed by atoms with E-state index in [2.05, 4.69) is 21.0 Å². The van der Waals surface area contributed by atoms with Gasteiger partial charge < -0.3 is 4.74 Å². The lowest BCUT2D eigenvalue weighted by molar-refractivity contribution is 0.0511. The second-order valence-corrected chi connectivity index (χ2v) is 6.09. The largest absolute Gasteiger partial charge is 0.442 e. The van der Waals surface area contributed by atoms with E-state index in [1.807, 2.05) is 0 Å². The maximum atomic E-state index is 13.8. The van der Waals surface area contributed by atoms with E-state index >= 15 is 0 Å². The molecule has 0 N–H and O–H groups in total. The molecular weight excluding hydrogens is 339 g/mol. The summed E-state index contributed by atoms with van der Waals surface area (Å²) in [6.07, 6.45) is -0.584. The quantitative estimate of drug-likeness (QED) is 0.752.